The molecule has 2 heterocycles. The Bertz CT molecular complexity index is 785. The summed E-state index contributed by atoms with van der Waals surface area (Å²) in [4.78, 5) is 7.44. The second-order valence-electron chi connectivity index (χ2n) is 4.33. The summed E-state index contributed by atoms with van der Waals surface area (Å²) in [6.07, 6.45) is 2.47. The van der Waals surface area contributed by atoms with Gasteiger partial charge in [0.15, 0.2) is 10.6 Å². The van der Waals surface area contributed by atoms with Crippen LogP contribution in [-0.4, -0.2) is 24.3 Å². The lowest BCUT2D eigenvalue weighted by Gasteiger charge is -2.02. The Labute approximate surface area is 123 Å². The molecule has 19 heavy (non-hydrogen) atoms. The van der Waals surface area contributed by atoms with Gasteiger partial charge in [-0.15, -0.1) is 0 Å². The fraction of sp³-hybridized carbons (Fsp3) is 0.250. The number of aromatic nitrogens is 5. The molecule has 0 fully saturated rings. The van der Waals surface area contributed by atoms with Crippen LogP contribution in [0.15, 0.2) is 29.0 Å². The third-order valence-corrected chi connectivity index (χ3v) is 3.76. The summed E-state index contributed by atoms with van der Waals surface area (Å²) < 4.78 is 5.55. The molecule has 3 aromatic rings. The highest BCUT2D eigenvalue weighted by Gasteiger charge is 2.06. The molecule has 0 bridgehead atoms. The van der Waals surface area contributed by atoms with Crippen molar-refractivity contribution in [3.8, 4) is 0 Å². The van der Waals surface area contributed by atoms with Crippen LogP contribution in [0.1, 0.15) is 5.82 Å². The highest BCUT2D eigenvalue weighted by Crippen LogP contribution is 2.19. The van der Waals surface area contributed by atoms with Gasteiger partial charge in [0, 0.05) is 24.5 Å². The van der Waals surface area contributed by atoms with Crippen LogP contribution < -0.4 is 0 Å². The van der Waals surface area contributed by atoms with Gasteiger partial charge in [0.25, 0.3) is 0 Å². The molecule has 0 radical (unpaired) electrons. The van der Waals surface area contributed by atoms with Crippen LogP contribution in [0.25, 0.3) is 11.0 Å². The zero-order valence-electron chi connectivity index (χ0n) is 10.3. The van der Waals surface area contributed by atoms with Crippen LogP contribution in [0.2, 0.25) is 0 Å². The Hall–Kier alpha value is -1.47. The number of benzene rings is 1. The second kappa shape index (κ2) is 4.90. The van der Waals surface area contributed by atoms with Crippen molar-refractivity contribution in [1.29, 1.82) is 0 Å². The minimum absolute atomic E-state index is 0.726. The Morgan fingerprint density at radius 1 is 1.42 bits per heavy atom. The number of aryl methyl sites for hydroxylation is 3. The van der Waals surface area contributed by atoms with Gasteiger partial charge in [-0.05, 0) is 30.4 Å². The van der Waals surface area contributed by atoms with Crippen molar-refractivity contribution >= 4 is 39.2 Å². The quantitative estimate of drug-likeness (QED) is 0.747. The predicted molar refractivity (Wildman–Crippen MR) is 79.5 cm³/mol. The highest BCUT2D eigenvalue weighted by atomic mass is 79.9. The van der Waals surface area contributed by atoms with Crippen LogP contribution in [-0.2, 0) is 20.0 Å². The average Bonchev–Trinajstić information content (AvgIpc) is 2.89. The molecule has 7 heteroatoms. The number of fused-ring (bicyclic) bond motifs is 1. The van der Waals surface area contributed by atoms with Gasteiger partial charge in [-0.25, -0.2) is 4.98 Å². The predicted octanol–water partition coefficient (Wildman–Crippen LogP) is 2.83. The maximum absolute atomic E-state index is 5.36. The molecule has 0 amide bonds. The van der Waals surface area contributed by atoms with Gasteiger partial charge in [-0.2, -0.15) is 5.10 Å². The molecule has 3 rings (SSSR count). The van der Waals surface area contributed by atoms with Gasteiger partial charge < -0.3 is 9.55 Å². The number of H-pyrrole nitrogens is 1. The van der Waals surface area contributed by atoms with E-state index in [-0.39, 0.29) is 0 Å². The monoisotopic (exact) mass is 337 g/mol. The van der Waals surface area contributed by atoms with Crippen molar-refractivity contribution in [2.45, 2.75) is 13.0 Å². The summed E-state index contributed by atoms with van der Waals surface area (Å²) >= 11 is 8.82. The molecule has 1 N–H and O–H groups in total. The van der Waals surface area contributed by atoms with Crippen molar-refractivity contribution in [2.24, 2.45) is 7.05 Å². The maximum Gasteiger partial charge on any atom is 0.178 e. The number of aromatic amines is 1. The van der Waals surface area contributed by atoms with E-state index in [0.29, 0.717) is 0 Å². The molecule has 0 unspecified atom stereocenters. The number of imidazole rings is 1. The van der Waals surface area contributed by atoms with Gasteiger partial charge in [0.2, 0.25) is 0 Å². The fourth-order valence-electron chi connectivity index (χ4n) is 2.07. The maximum atomic E-state index is 5.36. The molecular weight excluding hydrogens is 326 g/mol. The molecule has 5 nitrogen and oxygen atoms in total. The lowest BCUT2D eigenvalue weighted by molar-refractivity contribution is 0.666. The Morgan fingerprint density at radius 2 is 2.26 bits per heavy atom. The number of nitrogens with zero attached hydrogens (tertiary/aromatic N) is 4. The minimum atomic E-state index is 0.726. The Balaban J connectivity index is 1.92. The third-order valence-electron chi connectivity index (χ3n) is 2.94. The van der Waals surface area contributed by atoms with E-state index in [2.05, 4.69) is 41.6 Å². The van der Waals surface area contributed by atoms with Crippen LogP contribution >= 0.6 is 28.1 Å². The summed E-state index contributed by atoms with van der Waals surface area (Å²) in [7, 11) is 1.87. The molecule has 0 aliphatic carbocycles. The molecule has 0 aliphatic heterocycles. The normalized spacial score (nSPS) is 11.3. The zero-order chi connectivity index (χ0) is 13.4. The van der Waals surface area contributed by atoms with E-state index in [1.165, 1.54) is 0 Å². The van der Waals surface area contributed by atoms with E-state index in [4.69, 9.17) is 12.2 Å². The standard InChI is InChI=1S/C12H12BrN5S/c1-17-7-14-11(16-17)4-5-18-10-3-2-8(13)6-9(10)15-12(18)19/h2-3,6-7H,4-5H2,1H3,(H,15,19). The lowest BCUT2D eigenvalue weighted by Crippen LogP contribution is -2.03. The lowest BCUT2D eigenvalue weighted by atomic mass is 10.3. The molecule has 0 spiro atoms. The third kappa shape index (κ3) is 2.48. The SMILES string of the molecule is Cn1cnc(CCn2c(=S)[nH]c3cc(Br)ccc32)n1. The van der Waals surface area contributed by atoms with Gasteiger partial charge in [-0.3, -0.25) is 4.68 Å². The van der Waals surface area contributed by atoms with E-state index in [1.807, 2.05) is 19.2 Å². The van der Waals surface area contributed by atoms with Gasteiger partial charge in [-0.1, -0.05) is 15.9 Å². The van der Waals surface area contributed by atoms with Crippen LogP contribution in [0.4, 0.5) is 0 Å². The van der Waals surface area contributed by atoms with Gasteiger partial charge in [0.05, 0.1) is 11.0 Å². The largest absolute Gasteiger partial charge is 0.331 e. The number of nitrogens with one attached hydrogen (secondary N) is 1. The first-order chi connectivity index (χ1) is 9.13. The van der Waals surface area contributed by atoms with Crippen molar-refractivity contribution in [1.82, 2.24) is 24.3 Å². The van der Waals surface area contributed by atoms with Crippen molar-refractivity contribution in [2.75, 3.05) is 0 Å². The van der Waals surface area contributed by atoms with Crippen molar-refractivity contribution in [3.05, 3.63) is 39.6 Å². The van der Waals surface area contributed by atoms with E-state index in [9.17, 15) is 0 Å². The molecule has 0 saturated carbocycles. The molecule has 0 atom stereocenters. The van der Waals surface area contributed by atoms with E-state index in [1.54, 1.807) is 11.0 Å². The van der Waals surface area contributed by atoms with Crippen LogP contribution in [0.3, 0.4) is 0 Å². The Kier molecular flexibility index (Phi) is 3.24. The average molecular weight is 338 g/mol. The first kappa shape index (κ1) is 12.6. The topological polar surface area (TPSA) is 51.4 Å². The number of rotatable bonds is 3. The number of hydrogen-bond acceptors (Lipinski definition) is 3. The smallest absolute Gasteiger partial charge is 0.178 e. The molecule has 2 aromatic heterocycles. The van der Waals surface area contributed by atoms with E-state index >= 15 is 0 Å². The molecule has 0 saturated heterocycles. The summed E-state index contributed by atoms with van der Waals surface area (Å²) in [6.45, 7) is 0.768. The summed E-state index contributed by atoms with van der Waals surface area (Å²) in [5.74, 6) is 0.830. The first-order valence-corrected chi connectivity index (χ1v) is 7.06. The summed E-state index contributed by atoms with van der Waals surface area (Å²) in [6, 6.07) is 6.10. The van der Waals surface area contributed by atoms with E-state index < -0.39 is 0 Å². The Morgan fingerprint density at radius 3 is 3.00 bits per heavy atom. The molecular formula is C12H12BrN5S. The molecule has 1 aromatic carbocycles. The van der Waals surface area contributed by atoms with Crippen molar-refractivity contribution < 1.29 is 0 Å². The highest BCUT2D eigenvalue weighted by molar-refractivity contribution is 9.10. The molecule has 98 valence electrons. The zero-order valence-corrected chi connectivity index (χ0v) is 12.7. The van der Waals surface area contributed by atoms with Crippen molar-refractivity contribution in [3.63, 3.8) is 0 Å². The first-order valence-electron chi connectivity index (χ1n) is 5.86. The van der Waals surface area contributed by atoms with Gasteiger partial charge in [0.1, 0.15) is 6.33 Å². The van der Waals surface area contributed by atoms with Crippen LogP contribution in [0, 0.1) is 4.77 Å². The number of halogens is 1. The second-order valence-corrected chi connectivity index (χ2v) is 5.63. The minimum Gasteiger partial charge on any atom is -0.331 e. The molecule has 0 aliphatic rings. The number of hydrogen-bond donors (Lipinski definition) is 1. The summed E-state index contributed by atoms with van der Waals surface area (Å²) in [5.41, 5.74) is 2.14. The van der Waals surface area contributed by atoms with Crippen LogP contribution in [0.5, 0.6) is 0 Å². The van der Waals surface area contributed by atoms with Gasteiger partial charge >= 0.3 is 0 Å². The summed E-state index contributed by atoms with van der Waals surface area (Å²) in [5, 5.41) is 4.27. The fourth-order valence-corrected chi connectivity index (χ4v) is 2.73. The van der Waals surface area contributed by atoms with E-state index in [0.717, 1.165) is 39.1 Å².